The van der Waals surface area contributed by atoms with Gasteiger partial charge < -0.3 is 10.5 Å². The maximum atomic E-state index is 5.72. The van der Waals surface area contributed by atoms with Crippen LogP contribution in [0.5, 0.6) is 0 Å². The molecule has 2 nitrogen and oxygen atoms in total. The highest BCUT2D eigenvalue weighted by Gasteiger charge is 2.04. The van der Waals surface area contributed by atoms with Crippen molar-refractivity contribution in [3.05, 3.63) is 24.0 Å². The van der Waals surface area contributed by atoms with E-state index in [1.54, 1.807) is 0 Å². The monoisotopic (exact) mass is 197 g/mol. The Morgan fingerprint density at radius 3 is 2.57 bits per heavy atom. The molecule has 0 aliphatic heterocycles. The van der Waals surface area contributed by atoms with Gasteiger partial charge in [0.15, 0.2) is 0 Å². The van der Waals surface area contributed by atoms with Crippen molar-refractivity contribution >= 4 is 0 Å². The lowest BCUT2D eigenvalue weighted by atomic mass is 10.1. The number of hydrogen-bond acceptors (Lipinski definition) is 2. The fourth-order valence-corrected chi connectivity index (χ4v) is 1.21. The molecule has 2 N–H and O–H groups in total. The van der Waals surface area contributed by atoms with Crippen molar-refractivity contribution in [2.45, 2.75) is 46.1 Å². The lowest BCUT2D eigenvalue weighted by Gasteiger charge is -2.15. The van der Waals surface area contributed by atoms with Crippen molar-refractivity contribution in [2.24, 2.45) is 5.73 Å². The van der Waals surface area contributed by atoms with Crippen LogP contribution in [-0.4, -0.2) is 12.6 Å². The van der Waals surface area contributed by atoms with Gasteiger partial charge in [0.25, 0.3) is 0 Å². The molecular weight excluding hydrogens is 174 g/mol. The minimum Gasteiger partial charge on any atom is -0.491 e. The van der Waals surface area contributed by atoms with Crippen LogP contribution in [0.15, 0.2) is 24.0 Å². The van der Waals surface area contributed by atoms with Crippen LogP contribution < -0.4 is 5.73 Å². The minimum absolute atomic E-state index is 0.211. The van der Waals surface area contributed by atoms with Gasteiger partial charge in [-0.3, -0.25) is 0 Å². The molecule has 0 aromatic rings. The summed E-state index contributed by atoms with van der Waals surface area (Å²) in [5, 5.41) is 0. The van der Waals surface area contributed by atoms with Crippen LogP contribution in [0, 0.1) is 0 Å². The molecule has 0 saturated heterocycles. The third-order valence-electron chi connectivity index (χ3n) is 2.09. The average molecular weight is 197 g/mol. The highest BCUT2D eigenvalue weighted by atomic mass is 16.5. The van der Waals surface area contributed by atoms with E-state index in [4.69, 9.17) is 10.5 Å². The first-order valence-corrected chi connectivity index (χ1v) is 5.37. The topological polar surface area (TPSA) is 35.2 Å². The van der Waals surface area contributed by atoms with Crippen LogP contribution >= 0.6 is 0 Å². The van der Waals surface area contributed by atoms with Gasteiger partial charge in [-0.05, 0) is 58.7 Å². The van der Waals surface area contributed by atoms with Gasteiger partial charge in [-0.1, -0.05) is 6.08 Å². The standard InChI is InChI=1S/C12H23NO/c1-4-8-12(9-6-7-10-13)14-11(3)5-2/h4-5,8,12H,6-7,9-10,13H2,1-3H3/b8-4-,11-5-. The van der Waals surface area contributed by atoms with E-state index in [2.05, 4.69) is 6.08 Å². The molecule has 0 aliphatic rings. The molecular formula is C12H23NO. The lowest BCUT2D eigenvalue weighted by molar-refractivity contribution is 0.145. The number of allylic oxidation sites excluding steroid dienone is 3. The summed E-state index contributed by atoms with van der Waals surface area (Å²) in [4.78, 5) is 0. The molecule has 0 radical (unpaired) electrons. The molecule has 0 heterocycles. The Morgan fingerprint density at radius 1 is 1.36 bits per heavy atom. The predicted octanol–water partition coefficient (Wildman–Crippen LogP) is 3.00. The van der Waals surface area contributed by atoms with Crippen molar-refractivity contribution in [1.29, 1.82) is 0 Å². The van der Waals surface area contributed by atoms with Gasteiger partial charge in [0, 0.05) is 0 Å². The molecule has 0 saturated carbocycles. The second-order valence-corrected chi connectivity index (χ2v) is 3.37. The zero-order valence-electron chi connectivity index (χ0n) is 9.62. The highest BCUT2D eigenvalue weighted by Crippen LogP contribution is 2.10. The first kappa shape index (κ1) is 13.2. The summed E-state index contributed by atoms with van der Waals surface area (Å²) in [6, 6.07) is 0. The highest BCUT2D eigenvalue weighted by molar-refractivity contribution is 4.93. The minimum atomic E-state index is 0.211. The summed E-state index contributed by atoms with van der Waals surface area (Å²) in [6.45, 7) is 6.76. The van der Waals surface area contributed by atoms with E-state index >= 15 is 0 Å². The van der Waals surface area contributed by atoms with E-state index in [1.165, 1.54) is 0 Å². The number of ether oxygens (including phenoxy) is 1. The first-order chi connectivity index (χ1) is 6.74. The molecule has 0 rings (SSSR count). The second-order valence-electron chi connectivity index (χ2n) is 3.37. The first-order valence-electron chi connectivity index (χ1n) is 5.37. The molecule has 1 atom stereocenters. The van der Waals surface area contributed by atoms with Crippen molar-refractivity contribution < 1.29 is 4.74 Å². The van der Waals surface area contributed by atoms with Gasteiger partial charge in [0.1, 0.15) is 6.10 Å². The van der Waals surface area contributed by atoms with E-state index < -0.39 is 0 Å². The molecule has 0 bridgehead atoms. The number of unbranched alkanes of at least 4 members (excludes halogenated alkanes) is 1. The zero-order valence-corrected chi connectivity index (χ0v) is 9.62. The Kier molecular flexibility index (Phi) is 8.34. The molecule has 0 spiro atoms. The van der Waals surface area contributed by atoms with Crippen LogP contribution in [-0.2, 0) is 4.74 Å². The molecule has 1 unspecified atom stereocenters. The molecule has 0 aromatic heterocycles. The van der Waals surface area contributed by atoms with Gasteiger partial charge in [-0.15, -0.1) is 0 Å². The summed E-state index contributed by atoms with van der Waals surface area (Å²) in [6.07, 6.45) is 9.59. The normalized spacial score (nSPS) is 14.7. The smallest absolute Gasteiger partial charge is 0.116 e. The van der Waals surface area contributed by atoms with E-state index in [0.717, 1.165) is 31.6 Å². The van der Waals surface area contributed by atoms with Gasteiger partial charge in [-0.2, -0.15) is 0 Å². The number of hydrogen-bond donors (Lipinski definition) is 1. The molecule has 0 aliphatic carbocycles. The van der Waals surface area contributed by atoms with Crippen molar-refractivity contribution in [2.75, 3.05) is 6.54 Å². The van der Waals surface area contributed by atoms with Crippen molar-refractivity contribution in [1.82, 2.24) is 0 Å². The Balaban J connectivity index is 3.89. The van der Waals surface area contributed by atoms with Crippen molar-refractivity contribution in [3.8, 4) is 0 Å². The predicted molar refractivity (Wildman–Crippen MR) is 62.0 cm³/mol. The third kappa shape index (κ3) is 6.72. The van der Waals surface area contributed by atoms with Crippen LogP contribution in [0.3, 0.4) is 0 Å². The SMILES string of the molecule is C/C=C\C(CCCCN)O/C(C)=C\C. The molecule has 0 fully saturated rings. The number of nitrogens with two attached hydrogens (primary N) is 1. The van der Waals surface area contributed by atoms with Gasteiger partial charge >= 0.3 is 0 Å². The van der Waals surface area contributed by atoms with Gasteiger partial charge in [0.2, 0.25) is 0 Å². The maximum Gasteiger partial charge on any atom is 0.116 e. The molecule has 14 heavy (non-hydrogen) atoms. The lowest BCUT2D eigenvalue weighted by Crippen LogP contribution is -2.09. The van der Waals surface area contributed by atoms with Crippen LogP contribution in [0.2, 0.25) is 0 Å². The second kappa shape index (κ2) is 8.82. The summed E-state index contributed by atoms with van der Waals surface area (Å²) in [5.74, 6) is 0.987. The van der Waals surface area contributed by atoms with Crippen LogP contribution in [0.1, 0.15) is 40.0 Å². The Labute approximate surface area is 87.8 Å². The zero-order chi connectivity index (χ0) is 10.8. The largest absolute Gasteiger partial charge is 0.491 e. The molecule has 0 aromatic carbocycles. The van der Waals surface area contributed by atoms with E-state index in [-0.39, 0.29) is 6.10 Å². The quantitative estimate of drug-likeness (QED) is 0.387. The molecule has 2 heteroatoms. The third-order valence-corrected chi connectivity index (χ3v) is 2.09. The number of rotatable bonds is 7. The fourth-order valence-electron chi connectivity index (χ4n) is 1.21. The van der Waals surface area contributed by atoms with Crippen molar-refractivity contribution in [3.63, 3.8) is 0 Å². The van der Waals surface area contributed by atoms with E-state index in [0.29, 0.717) is 0 Å². The summed E-state index contributed by atoms with van der Waals surface area (Å²) < 4.78 is 5.72. The average Bonchev–Trinajstić information content (AvgIpc) is 2.18. The maximum absolute atomic E-state index is 5.72. The van der Waals surface area contributed by atoms with E-state index in [9.17, 15) is 0 Å². The van der Waals surface area contributed by atoms with Gasteiger partial charge in [0.05, 0.1) is 5.76 Å². The molecule has 0 amide bonds. The summed E-state index contributed by atoms with van der Waals surface area (Å²) in [5.41, 5.74) is 5.45. The molecule has 82 valence electrons. The summed E-state index contributed by atoms with van der Waals surface area (Å²) >= 11 is 0. The van der Waals surface area contributed by atoms with Gasteiger partial charge in [-0.25, -0.2) is 0 Å². The Hall–Kier alpha value is -0.760. The Morgan fingerprint density at radius 2 is 2.07 bits per heavy atom. The van der Waals surface area contributed by atoms with Crippen LogP contribution in [0.25, 0.3) is 0 Å². The van der Waals surface area contributed by atoms with Crippen LogP contribution in [0.4, 0.5) is 0 Å². The van der Waals surface area contributed by atoms with E-state index in [1.807, 2.05) is 32.9 Å². The summed E-state index contributed by atoms with van der Waals surface area (Å²) in [7, 11) is 0. The fraction of sp³-hybridized carbons (Fsp3) is 0.667. The Bertz CT molecular complexity index is 185.